The van der Waals surface area contributed by atoms with E-state index in [-0.39, 0.29) is 0 Å². The van der Waals surface area contributed by atoms with E-state index in [0.717, 1.165) is 6.21 Å². The zero-order valence-corrected chi connectivity index (χ0v) is 4.49. The first-order valence-corrected chi connectivity index (χ1v) is 2.21. The van der Waals surface area contributed by atoms with Crippen LogP contribution in [-0.2, 0) is 4.79 Å². The molecule has 0 aliphatic heterocycles. The van der Waals surface area contributed by atoms with Gasteiger partial charge in [-0.25, -0.2) is 9.18 Å². The van der Waals surface area contributed by atoms with Gasteiger partial charge in [0.05, 0.1) is 0 Å². The van der Waals surface area contributed by atoms with Crippen molar-refractivity contribution in [2.45, 2.75) is 12.6 Å². The van der Waals surface area contributed by atoms with Crippen LogP contribution in [-0.4, -0.2) is 28.7 Å². The van der Waals surface area contributed by atoms with Crippen LogP contribution in [0.4, 0.5) is 4.39 Å². The fourth-order valence-corrected chi connectivity index (χ4v) is 0.241. The summed E-state index contributed by atoms with van der Waals surface area (Å²) in [6, 6.07) is 0. The Morgan fingerprint density at radius 1 is 1.89 bits per heavy atom. The number of carbonyl (C=O) groups is 1. The van der Waals surface area contributed by atoms with Gasteiger partial charge >= 0.3 is 5.97 Å². The summed E-state index contributed by atoms with van der Waals surface area (Å²) >= 11 is 0. The molecule has 1 unspecified atom stereocenters. The van der Waals surface area contributed by atoms with E-state index in [1.165, 1.54) is 0 Å². The van der Waals surface area contributed by atoms with Gasteiger partial charge in [-0.1, -0.05) is 0 Å². The molecule has 0 aromatic rings. The maximum Gasteiger partial charge on any atom is 0.338 e. The molecule has 4 nitrogen and oxygen atoms in total. The van der Waals surface area contributed by atoms with Gasteiger partial charge in [-0.05, 0) is 0 Å². The maximum atomic E-state index is 11.9. The quantitative estimate of drug-likeness (QED) is 0.331. The van der Waals surface area contributed by atoms with Crippen LogP contribution < -0.4 is 0 Å². The lowest BCUT2D eigenvalue weighted by molar-refractivity contribution is -0.142. The Labute approximate surface area is 50.6 Å². The fraction of sp³-hybridized carbons (Fsp3) is 0.500. The van der Waals surface area contributed by atoms with Crippen molar-refractivity contribution >= 4 is 12.2 Å². The van der Waals surface area contributed by atoms with Crippen molar-refractivity contribution in [1.29, 1.82) is 0 Å². The summed E-state index contributed by atoms with van der Waals surface area (Å²) in [7, 11) is 0. The second kappa shape index (κ2) is 3.82. The zero-order valence-electron chi connectivity index (χ0n) is 4.49. The number of oxime groups is 1. The highest BCUT2D eigenvalue weighted by Gasteiger charge is 2.12. The highest BCUT2D eigenvalue weighted by molar-refractivity contribution is 5.76. The van der Waals surface area contributed by atoms with E-state index < -0.39 is 18.6 Å². The Morgan fingerprint density at radius 2 is 2.44 bits per heavy atom. The van der Waals surface area contributed by atoms with Crippen molar-refractivity contribution in [2.75, 3.05) is 0 Å². The summed E-state index contributed by atoms with van der Waals surface area (Å²) in [5.74, 6) is -1.55. The maximum absolute atomic E-state index is 11.9. The van der Waals surface area contributed by atoms with Crippen LogP contribution in [0, 0.1) is 0 Å². The van der Waals surface area contributed by atoms with Crippen LogP contribution in [0.25, 0.3) is 0 Å². The van der Waals surface area contributed by atoms with Gasteiger partial charge in [0.2, 0.25) is 6.17 Å². The molecule has 0 aliphatic carbocycles. The summed E-state index contributed by atoms with van der Waals surface area (Å²) in [5, 5.41) is 18.0. The van der Waals surface area contributed by atoms with E-state index in [4.69, 9.17) is 10.3 Å². The summed E-state index contributed by atoms with van der Waals surface area (Å²) in [4.78, 5) is 9.69. The van der Waals surface area contributed by atoms with Gasteiger partial charge < -0.3 is 10.3 Å². The van der Waals surface area contributed by atoms with E-state index in [2.05, 4.69) is 5.16 Å². The summed E-state index contributed by atoms with van der Waals surface area (Å²) < 4.78 is 11.9. The average Bonchev–Trinajstić information content (AvgIpc) is 1.82. The number of nitrogens with zero attached hydrogens (tertiary/aromatic N) is 1. The number of carboxylic acid groups (broad SMARTS) is 1. The Morgan fingerprint density at radius 3 is 2.78 bits per heavy atom. The zero-order chi connectivity index (χ0) is 7.28. The first kappa shape index (κ1) is 7.87. The number of aliphatic carboxylic acids is 1. The molecular formula is C4H6FNO3. The largest absolute Gasteiger partial charge is 0.479 e. The van der Waals surface area contributed by atoms with Gasteiger partial charge in [-0.2, -0.15) is 0 Å². The highest BCUT2D eigenvalue weighted by Crippen LogP contribution is 1.93. The van der Waals surface area contributed by atoms with E-state index >= 15 is 0 Å². The second-order valence-electron chi connectivity index (χ2n) is 1.34. The molecule has 0 saturated carbocycles. The summed E-state index contributed by atoms with van der Waals surface area (Å²) in [5.41, 5.74) is 0. The first-order chi connectivity index (χ1) is 4.18. The normalized spacial score (nSPS) is 13.9. The van der Waals surface area contributed by atoms with Crippen LogP contribution >= 0.6 is 0 Å². The van der Waals surface area contributed by atoms with Gasteiger partial charge in [-0.15, -0.1) is 5.16 Å². The monoisotopic (exact) mass is 135 g/mol. The molecule has 5 heteroatoms. The summed E-state index contributed by atoms with van der Waals surface area (Å²) in [6.45, 7) is 0. The van der Waals surface area contributed by atoms with Crippen molar-refractivity contribution in [2.24, 2.45) is 5.16 Å². The Kier molecular flexibility index (Phi) is 3.34. The lowest BCUT2D eigenvalue weighted by Gasteiger charge is -1.93. The minimum atomic E-state index is -1.97. The number of halogens is 1. The van der Waals surface area contributed by atoms with Gasteiger partial charge in [0, 0.05) is 12.6 Å². The number of hydrogen-bond acceptors (Lipinski definition) is 3. The smallest absolute Gasteiger partial charge is 0.338 e. The van der Waals surface area contributed by atoms with Crippen molar-refractivity contribution in [3.63, 3.8) is 0 Å². The van der Waals surface area contributed by atoms with Crippen molar-refractivity contribution in [3.8, 4) is 0 Å². The minimum absolute atomic E-state index is 0.397. The predicted octanol–water partition coefficient (Wildman–Crippen LogP) is 0.259. The van der Waals surface area contributed by atoms with E-state index in [0.29, 0.717) is 0 Å². The van der Waals surface area contributed by atoms with Crippen LogP contribution in [0.2, 0.25) is 0 Å². The Balaban J connectivity index is 3.50. The molecule has 0 radical (unpaired) electrons. The molecule has 1 atom stereocenters. The molecule has 0 fully saturated rings. The number of hydrogen-bond donors (Lipinski definition) is 2. The molecule has 0 amide bonds. The third-order valence-electron chi connectivity index (χ3n) is 0.662. The topological polar surface area (TPSA) is 69.9 Å². The minimum Gasteiger partial charge on any atom is -0.479 e. The average molecular weight is 135 g/mol. The Hall–Kier alpha value is -1.13. The van der Waals surface area contributed by atoms with E-state index in [1.807, 2.05) is 0 Å². The number of carboxylic acids is 1. The molecule has 0 saturated heterocycles. The molecule has 0 aromatic heterocycles. The first-order valence-electron chi connectivity index (χ1n) is 2.21. The molecule has 0 aromatic carbocycles. The fourth-order valence-electron chi connectivity index (χ4n) is 0.241. The molecule has 52 valence electrons. The standard InChI is InChI=1S/C4H6FNO3/c5-3(4(7)8)1-2-6-9/h2-3,9H,1H2,(H,7,8). The SMILES string of the molecule is O=C(O)C(F)CC=NO. The van der Waals surface area contributed by atoms with Gasteiger partial charge in [0.15, 0.2) is 0 Å². The molecule has 2 N–H and O–H groups in total. The molecule has 9 heavy (non-hydrogen) atoms. The molecule has 0 spiro atoms. The van der Waals surface area contributed by atoms with Crippen LogP contribution in [0.1, 0.15) is 6.42 Å². The lowest BCUT2D eigenvalue weighted by Crippen LogP contribution is -2.14. The van der Waals surface area contributed by atoms with Gasteiger partial charge in [-0.3, -0.25) is 0 Å². The molecule has 0 aliphatic rings. The Bertz CT molecular complexity index is 125. The third kappa shape index (κ3) is 3.45. The third-order valence-corrected chi connectivity index (χ3v) is 0.662. The van der Waals surface area contributed by atoms with Crippen molar-refractivity contribution < 1.29 is 19.5 Å². The van der Waals surface area contributed by atoms with E-state index in [1.54, 1.807) is 0 Å². The molecule has 0 bridgehead atoms. The number of alkyl halides is 1. The van der Waals surface area contributed by atoms with Crippen LogP contribution in [0.15, 0.2) is 5.16 Å². The summed E-state index contributed by atoms with van der Waals surface area (Å²) in [6.07, 6.45) is -1.58. The molecular weight excluding hydrogens is 129 g/mol. The van der Waals surface area contributed by atoms with Crippen LogP contribution in [0.5, 0.6) is 0 Å². The van der Waals surface area contributed by atoms with Gasteiger partial charge in [0.25, 0.3) is 0 Å². The van der Waals surface area contributed by atoms with Crippen molar-refractivity contribution in [1.82, 2.24) is 0 Å². The molecule has 0 heterocycles. The number of rotatable bonds is 3. The highest BCUT2D eigenvalue weighted by atomic mass is 19.1. The van der Waals surface area contributed by atoms with E-state index in [9.17, 15) is 9.18 Å². The predicted molar refractivity (Wildman–Crippen MR) is 27.4 cm³/mol. The van der Waals surface area contributed by atoms with Crippen LogP contribution in [0.3, 0.4) is 0 Å². The second-order valence-corrected chi connectivity index (χ2v) is 1.34. The van der Waals surface area contributed by atoms with Gasteiger partial charge in [0.1, 0.15) is 0 Å². The van der Waals surface area contributed by atoms with Crippen molar-refractivity contribution in [3.05, 3.63) is 0 Å². The lowest BCUT2D eigenvalue weighted by atomic mass is 10.3. The molecule has 0 rings (SSSR count).